The Balaban J connectivity index is 1.99. The standard InChI is InChI=1S/C10H23N3/c1-9(8-12-7-3-6-11)13(2)10-4-5-10/h9-10,12H,3-8,11H2,1-2H3. The Morgan fingerprint density at radius 3 is 2.77 bits per heavy atom. The summed E-state index contributed by atoms with van der Waals surface area (Å²) in [5, 5.41) is 3.43. The maximum atomic E-state index is 5.41. The predicted octanol–water partition coefficient (Wildman–Crippen LogP) is 0.408. The summed E-state index contributed by atoms with van der Waals surface area (Å²) in [6.07, 6.45) is 3.87. The van der Waals surface area contributed by atoms with Crippen molar-refractivity contribution in [1.29, 1.82) is 0 Å². The first-order valence-electron chi connectivity index (χ1n) is 5.38. The van der Waals surface area contributed by atoms with Gasteiger partial charge < -0.3 is 11.1 Å². The molecular weight excluding hydrogens is 162 g/mol. The highest BCUT2D eigenvalue weighted by molar-refractivity contribution is 4.85. The Bertz CT molecular complexity index is 134. The van der Waals surface area contributed by atoms with E-state index in [2.05, 4.69) is 24.2 Å². The maximum Gasteiger partial charge on any atom is 0.0192 e. The first-order chi connectivity index (χ1) is 6.25. The van der Waals surface area contributed by atoms with Crippen LogP contribution >= 0.6 is 0 Å². The van der Waals surface area contributed by atoms with E-state index in [0.717, 1.165) is 32.1 Å². The van der Waals surface area contributed by atoms with Crippen molar-refractivity contribution < 1.29 is 0 Å². The number of hydrogen-bond donors (Lipinski definition) is 2. The van der Waals surface area contributed by atoms with Gasteiger partial charge in [-0.1, -0.05) is 0 Å². The Morgan fingerprint density at radius 2 is 2.23 bits per heavy atom. The highest BCUT2D eigenvalue weighted by Gasteiger charge is 2.28. The van der Waals surface area contributed by atoms with Crippen LogP contribution in [0.15, 0.2) is 0 Å². The van der Waals surface area contributed by atoms with Gasteiger partial charge in [0.05, 0.1) is 0 Å². The van der Waals surface area contributed by atoms with E-state index in [1.54, 1.807) is 0 Å². The van der Waals surface area contributed by atoms with Crippen molar-refractivity contribution >= 4 is 0 Å². The predicted molar refractivity (Wildman–Crippen MR) is 56.8 cm³/mol. The van der Waals surface area contributed by atoms with E-state index in [1.807, 2.05) is 0 Å². The van der Waals surface area contributed by atoms with E-state index >= 15 is 0 Å². The zero-order chi connectivity index (χ0) is 9.68. The smallest absolute Gasteiger partial charge is 0.0192 e. The molecule has 1 saturated carbocycles. The van der Waals surface area contributed by atoms with Crippen molar-refractivity contribution in [2.75, 3.05) is 26.7 Å². The van der Waals surface area contributed by atoms with E-state index in [0.29, 0.717) is 6.04 Å². The maximum absolute atomic E-state index is 5.41. The molecule has 3 nitrogen and oxygen atoms in total. The monoisotopic (exact) mass is 185 g/mol. The summed E-state index contributed by atoms with van der Waals surface area (Å²) in [5.41, 5.74) is 5.41. The molecule has 3 N–H and O–H groups in total. The SMILES string of the molecule is CC(CNCCCN)N(C)C1CC1. The third-order valence-electron chi connectivity index (χ3n) is 2.82. The van der Waals surface area contributed by atoms with Gasteiger partial charge in [-0.05, 0) is 46.3 Å². The normalized spacial score (nSPS) is 19.4. The fourth-order valence-corrected chi connectivity index (χ4v) is 1.52. The van der Waals surface area contributed by atoms with Crippen molar-refractivity contribution in [3.63, 3.8) is 0 Å². The molecule has 0 bridgehead atoms. The van der Waals surface area contributed by atoms with Crippen LogP contribution in [-0.4, -0.2) is 43.7 Å². The Morgan fingerprint density at radius 1 is 1.54 bits per heavy atom. The molecule has 0 saturated heterocycles. The first-order valence-corrected chi connectivity index (χ1v) is 5.38. The van der Waals surface area contributed by atoms with E-state index in [4.69, 9.17) is 5.73 Å². The van der Waals surface area contributed by atoms with Gasteiger partial charge in [0.1, 0.15) is 0 Å². The van der Waals surface area contributed by atoms with Gasteiger partial charge in [0, 0.05) is 18.6 Å². The second kappa shape index (κ2) is 5.58. The molecule has 1 fully saturated rings. The van der Waals surface area contributed by atoms with Crippen LogP contribution < -0.4 is 11.1 Å². The molecule has 0 aromatic carbocycles. The zero-order valence-corrected chi connectivity index (χ0v) is 8.92. The van der Waals surface area contributed by atoms with E-state index in [9.17, 15) is 0 Å². The van der Waals surface area contributed by atoms with Crippen molar-refractivity contribution in [1.82, 2.24) is 10.2 Å². The summed E-state index contributed by atoms with van der Waals surface area (Å²) in [7, 11) is 2.23. The second-order valence-corrected chi connectivity index (χ2v) is 4.09. The largest absolute Gasteiger partial charge is 0.330 e. The minimum atomic E-state index is 0.658. The molecular formula is C10H23N3. The molecule has 0 aromatic heterocycles. The lowest BCUT2D eigenvalue weighted by atomic mass is 10.3. The Kier molecular flexibility index (Phi) is 4.70. The lowest BCUT2D eigenvalue weighted by Gasteiger charge is -2.24. The number of nitrogens with two attached hydrogens (primary N) is 1. The number of rotatable bonds is 7. The molecule has 1 aliphatic carbocycles. The minimum absolute atomic E-state index is 0.658. The van der Waals surface area contributed by atoms with Gasteiger partial charge in [0.2, 0.25) is 0 Å². The molecule has 0 radical (unpaired) electrons. The summed E-state index contributed by atoms with van der Waals surface area (Å²) in [6.45, 7) is 5.22. The van der Waals surface area contributed by atoms with Crippen molar-refractivity contribution in [2.24, 2.45) is 5.73 Å². The Labute approximate surface area is 81.7 Å². The number of hydrogen-bond acceptors (Lipinski definition) is 3. The summed E-state index contributed by atoms with van der Waals surface area (Å²) in [4.78, 5) is 2.48. The third-order valence-corrected chi connectivity index (χ3v) is 2.82. The summed E-state index contributed by atoms with van der Waals surface area (Å²) < 4.78 is 0. The highest BCUT2D eigenvalue weighted by Crippen LogP contribution is 2.26. The van der Waals surface area contributed by atoms with Crippen LogP contribution in [0.2, 0.25) is 0 Å². The average molecular weight is 185 g/mol. The summed E-state index contributed by atoms with van der Waals surface area (Å²) >= 11 is 0. The van der Waals surface area contributed by atoms with Crippen LogP contribution in [0.1, 0.15) is 26.2 Å². The minimum Gasteiger partial charge on any atom is -0.330 e. The second-order valence-electron chi connectivity index (χ2n) is 4.09. The fourth-order valence-electron chi connectivity index (χ4n) is 1.52. The summed E-state index contributed by atoms with van der Waals surface area (Å²) in [5.74, 6) is 0. The molecule has 13 heavy (non-hydrogen) atoms. The molecule has 1 aliphatic rings. The third kappa shape index (κ3) is 4.07. The van der Waals surface area contributed by atoms with Crippen LogP contribution in [0, 0.1) is 0 Å². The summed E-state index contributed by atoms with van der Waals surface area (Å²) in [6, 6.07) is 1.52. The van der Waals surface area contributed by atoms with Crippen molar-refractivity contribution in [3.8, 4) is 0 Å². The van der Waals surface area contributed by atoms with Gasteiger partial charge >= 0.3 is 0 Å². The van der Waals surface area contributed by atoms with E-state index in [-0.39, 0.29) is 0 Å². The van der Waals surface area contributed by atoms with Gasteiger partial charge in [0.25, 0.3) is 0 Å². The van der Waals surface area contributed by atoms with Crippen LogP contribution in [0.4, 0.5) is 0 Å². The molecule has 3 heteroatoms. The van der Waals surface area contributed by atoms with Crippen LogP contribution in [0.3, 0.4) is 0 Å². The van der Waals surface area contributed by atoms with E-state index < -0.39 is 0 Å². The van der Waals surface area contributed by atoms with Crippen LogP contribution in [-0.2, 0) is 0 Å². The number of likely N-dealkylation sites (N-methyl/N-ethyl adjacent to an activating group) is 1. The number of nitrogens with zero attached hydrogens (tertiary/aromatic N) is 1. The molecule has 1 rings (SSSR count). The Hall–Kier alpha value is -0.120. The highest BCUT2D eigenvalue weighted by atomic mass is 15.2. The zero-order valence-electron chi connectivity index (χ0n) is 8.92. The van der Waals surface area contributed by atoms with Crippen LogP contribution in [0.25, 0.3) is 0 Å². The lowest BCUT2D eigenvalue weighted by Crippen LogP contribution is -2.39. The fraction of sp³-hybridized carbons (Fsp3) is 1.00. The quantitative estimate of drug-likeness (QED) is 0.564. The van der Waals surface area contributed by atoms with Crippen molar-refractivity contribution in [2.45, 2.75) is 38.3 Å². The van der Waals surface area contributed by atoms with Gasteiger partial charge in [-0.25, -0.2) is 0 Å². The van der Waals surface area contributed by atoms with Gasteiger partial charge in [0.15, 0.2) is 0 Å². The average Bonchev–Trinajstić information content (AvgIpc) is 2.94. The van der Waals surface area contributed by atoms with Crippen molar-refractivity contribution in [3.05, 3.63) is 0 Å². The molecule has 0 amide bonds. The molecule has 0 aromatic rings. The van der Waals surface area contributed by atoms with Gasteiger partial charge in [-0.2, -0.15) is 0 Å². The molecule has 1 unspecified atom stereocenters. The molecule has 0 spiro atoms. The topological polar surface area (TPSA) is 41.3 Å². The first kappa shape index (κ1) is 11.0. The molecule has 0 heterocycles. The van der Waals surface area contributed by atoms with Gasteiger partial charge in [-0.3, -0.25) is 4.90 Å². The van der Waals surface area contributed by atoms with Crippen LogP contribution in [0.5, 0.6) is 0 Å². The number of nitrogens with one attached hydrogen (secondary N) is 1. The lowest BCUT2D eigenvalue weighted by molar-refractivity contribution is 0.241. The molecule has 78 valence electrons. The van der Waals surface area contributed by atoms with E-state index in [1.165, 1.54) is 12.8 Å². The van der Waals surface area contributed by atoms with Gasteiger partial charge in [-0.15, -0.1) is 0 Å². The molecule has 1 atom stereocenters. The molecule has 0 aliphatic heterocycles.